The van der Waals surface area contributed by atoms with E-state index in [1.54, 1.807) is 22.2 Å². The molecule has 7 rings (SSSR count). The number of aromatic nitrogens is 4. The van der Waals surface area contributed by atoms with Gasteiger partial charge in [0.2, 0.25) is 0 Å². The Kier molecular flexibility index (Phi) is 14.5. The smallest absolute Gasteiger partial charge is 0.748 e. The molecule has 0 radical (unpaired) electrons. The summed E-state index contributed by atoms with van der Waals surface area (Å²) in [4.78, 5) is 12.2. The van der Waals surface area contributed by atoms with Crippen LogP contribution in [0.25, 0.3) is 22.0 Å². The van der Waals surface area contributed by atoms with Crippen molar-refractivity contribution >= 4 is 71.6 Å². The van der Waals surface area contributed by atoms with Gasteiger partial charge in [-0.15, -0.1) is 10.2 Å². The molecule has 290 valence electrons. The van der Waals surface area contributed by atoms with Crippen LogP contribution in [0.1, 0.15) is 84.8 Å². The van der Waals surface area contributed by atoms with Crippen molar-refractivity contribution in [2.75, 3.05) is 11.2 Å². The molecule has 0 saturated heterocycles. The summed E-state index contributed by atoms with van der Waals surface area (Å²) < 4.78 is 30.1. The van der Waals surface area contributed by atoms with Crippen molar-refractivity contribution in [3.8, 4) is 6.07 Å². The molecule has 0 unspecified atom stereocenters. The van der Waals surface area contributed by atoms with Gasteiger partial charge in [0.15, 0.2) is 10.9 Å². The number of aryl methyl sites for hydroxylation is 3. The molecular weight excluding hydrogens is 764 g/mol. The maximum Gasteiger partial charge on any atom is 1.00 e. The fourth-order valence-corrected chi connectivity index (χ4v) is 7.45. The number of nitriles is 1. The third kappa shape index (κ3) is 10.1. The van der Waals surface area contributed by atoms with Gasteiger partial charge in [0.05, 0.1) is 37.9 Å². The van der Waals surface area contributed by atoms with E-state index >= 15 is 0 Å². The molecule has 0 atom stereocenters. The first-order valence-electron chi connectivity index (χ1n) is 18.3. The summed E-state index contributed by atoms with van der Waals surface area (Å²) in [6.07, 6.45) is 5.17. The second-order valence-electron chi connectivity index (χ2n) is 14.5. The van der Waals surface area contributed by atoms with E-state index in [0.29, 0.717) is 35.4 Å². The standard InChI is InChI=1S/C40H38N8S.C2H6.CH4O3S.Na/c1-23-17-25(3)36(27(5)26(23)4)47(39-43-32-15-11-12-16-34(32)49-39)35-18-24(2)33(22-42-35)44-45-38-31(21-41)37(40(6,7)8)46-48(38)30-19-28-13-9-10-14-29(28)20-30;1-2;1-5(2,3)4;/h9-19,22H,20H2,1-8H3;1-2H3;1H3,(H,2,3,4);/q;;;+1/p-1. The fraction of sp³-hybridized carbons (Fsp3) is 0.302. The summed E-state index contributed by atoms with van der Waals surface area (Å²) >= 11 is 1.64. The molecule has 1 aliphatic rings. The zero-order chi connectivity index (χ0) is 41.1. The molecule has 0 amide bonds. The summed E-state index contributed by atoms with van der Waals surface area (Å²) in [5.74, 6) is 1.17. The Morgan fingerprint density at radius 3 is 2.19 bits per heavy atom. The Hall–Kier alpha value is -4.55. The number of hydrogen-bond acceptors (Lipinski definition) is 11. The van der Waals surface area contributed by atoms with Crippen molar-refractivity contribution in [1.82, 2.24) is 19.7 Å². The van der Waals surface area contributed by atoms with Gasteiger partial charge in [0.1, 0.15) is 23.1 Å². The third-order valence-corrected chi connectivity index (χ3v) is 10.3. The summed E-state index contributed by atoms with van der Waals surface area (Å²) in [7, 11) is -3.92. The number of thiazole rings is 1. The number of azo groups is 1. The van der Waals surface area contributed by atoms with Crippen molar-refractivity contribution in [2.45, 2.75) is 81.1 Å². The van der Waals surface area contributed by atoms with Crippen LogP contribution in [0.2, 0.25) is 0 Å². The topological polar surface area (TPSA) is 153 Å². The zero-order valence-electron chi connectivity index (χ0n) is 34.8. The Bertz CT molecular complexity index is 2610. The van der Waals surface area contributed by atoms with Crippen LogP contribution in [0.3, 0.4) is 0 Å². The minimum absolute atomic E-state index is 0. The summed E-state index contributed by atoms with van der Waals surface area (Å²) in [6, 6.07) is 23.1. The van der Waals surface area contributed by atoms with Gasteiger partial charge < -0.3 is 4.55 Å². The Balaban J connectivity index is 0.000000836. The molecule has 3 aromatic carbocycles. The Morgan fingerprint density at radius 1 is 0.930 bits per heavy atom. The number of fused-ring (bicyclic) bond motifs is 2. The number of para-hydroxylation sites is 1. The van der Waals surface area contributed by atoms with E-state index in [1.807, 2.05) is 57.2 Å². The number of benzene rings is 3. The number of nitrogens with zero attached hydrogens (tertiary/aromatic N) is 8. The second kappa shape index (κ2) is 18.4. The second-order valence-corrected chi connectivity index (χ2v) is 16.9. The molecule has 3 heterocycles. The molecule has 57 heavy (non-hydrogen) atoms. The van der Waals surface area contributed by atoms with Gasteiger partial charge in [-0.2, -0.15) is 10.4 Å². The molecule has 0 N–H and O–H groups in total. The van der Waals surface area contributed by atoms with E-state index in [4.69, 9.17) is 38.3 Å². The quantitative estimate of drug-likeness (QED) is 0.0927. The molecule has 6 aromatic rings. The van der Waals surface area contributed by atoms with Gasteiger partial charge in [-0.3, -0.25) is 4.90 Å². The average Bonchev–Trinajstić information content (AvgIpc) is 3.87. The van der Waals surface area contributed by atoms with Crippen LogP contribution in [0, 0.1) is 45.9 Å². The normalized spacial score (nSPS) is 12.2. The van der Waals surface area contributed by atoms with E-state index in [0.717, 1.165) is 49.2 Å². The molecule has 14 heteroatoms. The van der Waals surface area contributed by atoms with E-state index < -0.39 is 10.1 Å². The van der Waals surface area contributed by atoms with Crippen molar-refractivity contribution in [2.24, 2.45) is 10.2 Å². The van der Waals surface area contributed by atoms with Crippen molar-refractivity contribution in [3.63, 3.8) is 0 Å². The van der Waals surface area contributed by atoms with Crippen LogP contribution in [-0.2, 0) is 22.0 Å². The summed E-state index contributed by atoms with van der Waals surface area (Å²) in [5.41, 5.74) is 12.5. The van der Waals surface area contributed by atoms with E-state index in [9.17, 15) is 5.26 Å². The maximum atomic E-state index is 10.3. The number of pyridine rings is 1. The number of rotatable bonds is 6. The molecule has 0 aliphatic heterocycles. The fourth-order valence-electron chi connectivity index (χ4n) is 6.47. The van der Waals surface area contributed by atoms with Gasteiger partial charge in [0.25, 0.3) is 0 Å². The minimum atomic E-state index is -3.92. The predicted molar refractivity (Wildman–Crippen MR) is 227 cm³/mol. The number of hydrogen-bond donors (Lipinski definition) is 0. The maximum absolute atomic E-state index is 10.3. The summed E-state index contributed by atoms with van der Waals surface area (Å²) in [5, 5.41) is 25.6. The molecule has 1 aliphatic carbocycles. The Labute approximate surface area is 362 Å². The van der Waals surface area contributed by atoms with Crippen LogP contribution in [-0.4, -0.2) is 39.0 Å². The largest absolute Gasteiger partial charge is 1.00 e. The minimum Gasteiger partial charge on any atom is -0.748 e. The van der Waals surface area contributed by atoms with Crippen LogP contribution >= 0.6 is 11.3 Å². The van der Waals surface area contributed by atoms with Gasteiger partial charge >= 0.3 is 29.6 Å². The van der Waals surface area contributed by atoms with Crippen LogP contribution < -0.4 is 34.5 Å². The first-order valence-corrected chi connectivity index (χ1v) is 20.9. The first-order chi connectivity index (χ1) is 26.4. The third-order valence-electron chi connectivity index (χ3n) is 9.27. The molecule has 11 nitrogen and oxygen atoms in total. The average molecular weight is 811 g/mol. The number of anilines is 3. The van der Waals surface area contributed by atoms with Gasteiger partial charge in [-0.25, -0.2) is 23.1 Å². The predicted octanol–water partition coefficient (Wildman–Crippen LogP) is 8.23. The Morgan fingerprint density at radius 2 is 1.58 bits per heavy atom. The first kappa shape index (κ1) is 45.2. The van der Waals surface area contributed by atoms with Crippen molar-refractivity contribution in [1.29, 1.82) is 5.26 Å². The van der Waals surface area contributed by atoms with E-state index in [2.05, 4.69) is 89.8 Å². The molecule has 3 aromatic heterocycles. The molecule has 0 fully saturated rings. The molecular formula is C43H47N8NaO3S2. The number of allylic oxidation sites excluding steroid dienone is 1. The molecule has 0 bridgehead atoms. The molecule has 0 spiro atoms. The van der Waals surface area contributed by atoms with Crippen molar-refractivity contribution in [3.05, 3.63) is 117 Å². The molecule has 0 saturated carbocycles. The summed E-state index contributed by atoms with van der Waals surface area (Å²) in [6.45, 7) is 20.8. The van der Waals surface area contributed by atoms with E-state index in [1.165, 1.54) is 22.3 Å². The monoisotopic (exact) mass is 810 g/mol. The van der Waals surface area contributed by atoms with Crippen LogP contribution in [0.4, 0.5) is 28.1 Å². The van der Waals surface area contributed by atoms with Crippen LogP contribution in [0.5, 0.6) is 0 Å². The zero-order valence-corrected chi connectivity index (χ0v) is 38.4. The van der Waals surface area contributed by atoms with E-state index in [-0.39, 0.29) is 35.0 Å². The van der Waals surface area contributed by atoms with Gasteiger partial charge in [0, 0.05) is 23.8 Å². The van der Waals surface area contributed by atoms with Crippen LogP contribution in [0.15, 0.2) is 77.1 Å². The van der Waals surface area contributed by atoms with Crippen molar-refractivity contribution < 1.29 is 42.5 Å². The SMILES string of the molecule is CC.CS(=O)(=O)[O-].Cc1cc(N(c2nc3ccccc3s2)c2c(C)cc(C)c(C)c2C)ncc1N=Nc1c(C#N)c(C(C)(C)C)nn1C1=Cc2ccccc2C1.[Na+]. The van der Waals surface area contributed by atoms with Gasteiger partial charge in [-0.05, 0) is 97.8 Å². The van der Waals surface area contributed by atoms with Gasteiger partial charge in [-0.1, -0.05) is 88.4 Å².